The number of anilines is 2. The van der Waals surface area contributed by atoms with Crippen LogP contribution in [-0.4, -0.2) is 37.7 Å². The van der Waals surface area contributed by atoms with Crippen LogP contribution in [0, 0.1) is 0 Å². The van der Waals surface area contributed by atoms with Crippen LogP contribution in [0.4, 0.5) is 11.4 Å². The van der Waals surface area contributed by atoms with Crippen molar-refractivity contribution in [2.24, 2.45) is 0 Å². The van der Waals surface area contributed by atoms with Crippen LogP contribution in [0.3, 0.4) is 0 Å². The van der Waals surface area contributed by atoms with Crippen LogP contribution in [0.15, 0.2) is 108 Å². The van der Waals surface area contributed by atoms with Gasteiger partial charge in [0.2, 0.25) is 0 Å². The molecule has 4 aliphatic heterocycles. The molecule has 0 spiro atoms. The van der Waals surface area contributed by atoms with Crippen molar-refractivity contribution in [1.29, 1.82) is 0 Å². The van der Waals surface area contributed by atoms with E-state index in [1.165, 1.54) is 49.9 Å². The molecular formula is C44H42N2O2S. The third kappa shape index (κ3) is 5.62. The monoisotopic (exact) mass is 662 g/mol. The highest BCUT2D eigenvalue weighted by atomic mass is 32.2. The molecule has 0 amide bonds. The molecule has 0 aromatic heterocycles. The second-order valence-corrected chi connectivity index (χ2v) is 15.1. The van der Waals surface area contributed by atoms with Crippen molar-refractivity contribution >= 4 is 45.8 Å². The number of thioether (sulfide) groups is 1. The zero-order valence-electron chi connectivity index (χ0n) is 28.0. The summed E-state index contributed by atoms with van der Waals surface area (Å²) in [6.07, 6.45) is 12.9. The number of nitrogens with zero attached hydrogens (tertiary/aromatic N) is 2. The Hall–Kier alpha value is -4.48. The fourth-order valence-electron chi connectivity index (χ4n) is 8.25. The highest BCUT2D eigenvalue weighted by molar-refractivity contribution is 7.99. The van der Waals surface area contributed by atoms with E-state index in [0.717, 1.165) is 86.7 Å². The van der Waals surface area contributed by atoms with Gasteiger partial charge in [-0.05, 0) is 121 Å². The van der Waals surface area contributed by atoms with Gasteiger partial charge in [-0.2, -0.15) is 0 Å². The van der Waals surface area contributed by atoms with E-state index in [-0.39, 0.29) is 5.78 Å². The largest absolute Gasteiger partial charge is 0.473 e. The maximum Gasteiger partial charge on any atom is 0.178 e. The average Bonchev–Trinajstić information content (AvgIpc) is 3.18. The van der Waals surface area contributed by atoms with Crippen LogP contribution in [0.25, 0.3) is 28.0 Å². The minimum Gasteiger partial charge on any atom is -0.473 e. The van der Waals surface area contributed by atoms with Crippen molar-refractivity contribution in [3.63, 3.8) is 0 Å². The molecule has 0 bridgehead atoms. The van der Waals surface area contributed by atoms with Crippen molar-refractivity contribution < 1.29 is 9.53 Å². The zero-order valence-corrected chi connectivity index (χ0v) is 28.8. The summed E-state index contributed by atoms with van der Waals surface area (Å²) in [6, 6.07) is 35.5. The Labute approximate surface area is 293 Å². The molecule has 0 unspecified atom stereocenters. The second-order valence-electron chi connectivity index (χ2n) is 14.0. The molecule has 5 heteroatoms. The molecule has 0 aliphatic carbocycles. The number of carbonyl (C=O) groups excluding carboxylic acids is 1. The average molecular weight is 663 g/mol. The Bertz CT molecular complexity index is 1990. The summed E-state index contributed by atoms with van der Waals surface area (Å²) in [5, 5.41) is 2.32. The fraction of sp³-hybridized carbons (Fsp3) is 0.295. The topological polar surface area (TPSA) is 32.8 Å². The van der Waals surface area contributed by atoms with Gasteiger partial charge in [0.1, 0.15) is 5.75 Å². The van der Waals surface area contributed by atoms with Crippen LogP contribution in [-0.2, 0) is 5.60 Å². The van der Waals surface area contributed by atoms with E-state index < -0.39 is 5.60 Å². The Morgan fingerprint density at radius 3 is 1.90 bits per heavy atom. The van der Waals surface area contributed by atoms with Crippen LogP contribution in [0.5, 0.6) is 5.75 Å². The second kappa shape index (κ2) is 12.8. The molecule has 9 rings (SSSR count). The van der Waals surface area contributed by atoms with Gasteiger partial charge in [-0.3, -0.25) is 4.79 Å². The van der Waals surface area contributed by atoms with Gasteiger partial charge in [-0.25, -0.2) is 0 Å². The Kier molecular flexibility index (Phi) is 7.96. The van der Waals surface area contributed by atoms with Crippen LogP contribution >= 0.6 is 11.8 Å². The van der Waals surface area contributed by atoms with Crippen molar-refractivity contribution in [2.75, 3.05) is 41.7 Å². The number of hydrogen-bond acceptors (Lipinski definition) is 5. The maximum absolute atomic E-state index is 12.6. The van der Waals surface area contributed by atoms with Gasteiger partial charge >= 0.3 is 0 Å². The molecule has 0 saturated carbocycles. The van der Waals surface area contributed by atoms with E-state index in [1.54, 1.807) is 11.8 Å². The van der Waals surface area contributed by atoms with E-state index >= 15 is 0 Å². The molecule has 5 aromatic carbocycles. The molecule has 0 N–H and O–H groups in total. The summed E-state index contributed by atoms with van der Waals surface area (Å²) in [5.74, 6) is 2.01. The SMILES string of the molecule is O=C1CCSc2ccc(-c3ccc4c5c(ccc4c3)OC(c3ccc(N4CCCCC4)cc3)(c3ccc(N4CCCCC4)cc3)C=C5)cc21. The predicted molar refractivity (Wildman–Crippen MR) is 205 cm³/mol. The molecular weight excluding hydrogens is 621 g/mol. The number of benzene rings is 5. The van der Waals surface area contributed by atoms with E-state index in [9.17, 15) is 4.79 Å². The number of Topliss-reactive ketones (excluding diaryl/α,β-unsaturated/α-hetero) is 1. The van der Waals surface area contributed by atoms with Gasteiger partial charge in [0.05, 0.1) is 0 Å². The Morgan fingerprint density at radius 2 is 1.24 bits per heavy atom. The highest BCUT2D eigenvalue weighted by Crippen LogP contribution is 2.45. The summed E-state index contributed by atoms with van der Waals surface area (Å²) in [6.45, 7) is 4.52. The number of hydrogen-bond donors (Lipinski definition) is 0. The van der Waals surface area contributed by atoms with Crippen molar-refractivity contribution in [3.05, 3.63) is 125 Å². The summed E-state index contributed by atoms with van der Waals surface area (Å²) in [4.78, 5) is 18.8. The van der Waals surface area contributed by atoms with Crippen LogP contribution in [0.1, 0.15) is 72.0 Å². The van der Waals surface area contributed by atoms with Gasteiger partial charge in [-0.15, -0.1) is 11.8 Å². The lowest BCUT2D eigenvalue weighted by Crippen LogP contribution is -2.35. The number of rotatable bonds is 5. The molecule has 4 nitrogen and oxygen atoms in total. The number of piperidine rings is 2. The maximum atomic E-state index is 12.6. The lowest BCUT2D eigenvalue weighted by molar-refractivity contribution is 0.0985. The van der Waals surface area contributed by atoms with E-state index in [2.05, 4.69) is 119 Å². The van der Waals surface area contributed by atoms with Crippen LogP contribution < -0.4 is 14.5 Å². The molecule has 0 atom stereocenters. The Morgan fingerprint density at radius 1 is 0.633 bits per heavy atom. The van der Waals surface area contributed by atoms with Gasteiger partial charge in [-0.1, -0.05) is 48.5 Å². The van der Waals surface area contributed by atoms with E-state index in [0.29, 0.717) is 6.42 Å². The van der Waals surface area contributed by atoms with Gasteiger partial charge < -0.3 is 14.5 Å². The predicted octanol–water partition coefficient (Wildman–Crippen LogP) is 10.5. The number of carbonyl (C=O) groups is 1. The first-order valence-corrected chi connectivity index (χ1v) is 19.1. The van der Waals surface area contributed by atoms with E-state index in [1.807, 2.05) is 0 Å². The number of fused-ring (bicyclic) bond motifs is 4. The standard InChI is InChI=1S/C44H42N2O2S/c47-41-22-28-49-43-20-9-32(30-40(41)43)31-7-18-38-33(29-31)8-19-42-39(38)21-23-44(48-42,34-10-14-36(15-11-34)45-24-3-1-4-25-45)35-12-16-37(17-13-35)46-26-5-2-6-27-46/h7-21,23,29-30H,1-6,22,24-28H2. The lowest BCUT2D eigenvalue weighted by atomic mass is 9.82. The van der Waals surface area contributed by atoms with Gasteiger partial charge in [0, 0.05) is 76.9 Å². The summed E-state index contributed by atoms with van der Waals surface area (Å²) in [5.41, 5.74) is 8.29. The smallest absolute Gasteiger partial charge is 0.178 e. The number of ketones is 1. The molecule has 0 radical (unpaired) electrons. The first-order chi connectivity index (χ1) is 24.1. The minimum absolute atomic E-state index is 0.249. The quantitative estimate of drug-likeness (QED) is 0.187. The van der Waals surface area contributed by atoms with Crippen molar-refractivity contribution in [1.82, 2.24) is 0 Å². The third-order valence-electron chi connectivity index (χ3n) is 11.0. The summed E-state index contributed by atoms with van der Waals surface area (Å²) in [7, 11) is 0. The summed E-state index contributed by atoms with van der Waals surface area (Å²) >= 11 is 1.78. The molecule has 2 fully saturated rings. The number of ether oxygens (including phenoxy) is 1. The minimum atomic E-state index is -0.741. The molecule has 246 valence electrons. The zero-order chi connectivity index (χ0) is 32.8. The highest BCUT2D eigenvalue weighted by Gasteiger charge is 2.38. The first kappa shape index (κ1) is 30.6. The van der Waals surface area contributed by atoms with Crippen molar-refractivity contribution in [3.8, 4) is 16.9 Å². The lowest BCUT2D eigenvalue weighted by Gasteiger charge is -2.37. The molecule has 2 saturated heterocycles. The molecule has 5 aromatic rings. The van der Waals surface area contributed by atoms with E-state index in [4.69, 9.17) is 4.74 Å². The summed E-state index contributed by atoms with van der Waals surface area (Å²) < 4.78 is 7.21. The molecule has 4 heterocycles. The van der Waals surface area contributed by atoms with Crippen molar-refractivity contribution in [2.45, 2.75) is 55.4 Å². The fourth-order valence-corrected chi connectivity index (χ4v) is 9.24. The van der Waals surface area contributed by atoms with Gasteiger partial charge in [0.25, 0.3) is 0 Å². The van der Waals surface area contributed by atoms with Gasteiger partial charge in [0.15, 0.2) is 11.4 Å². The molecule has 49 heavy (non-hydrogen) atoms. The van der Waals surface area contributed by atoms with Crippen LogP contribution in [0.2, 0.25) is 0 Å². The third-order valence-corrected chi connectivity index (χ3v) is 12.1. The molecule has 4 aliphatic rings. The Balaban J connectivity index is 1.08. The normalized spacial score (nSPS) is 18.6. The first-order valence-electron chi connectivity index (χ1n) is 18.1.